The van der Waals surface area contributed by atoms with Crippen molar-refractivity contribution in [3.8, 4) is 0 Å². The third kappa shape index (κ3) is 3.97. The summed E-state index contributed by atoms with van der Waals surface area (Å²) < 4.78 is 0. The number of carboxylic acids is 1. The van der Waals surface area contributed by atoms with Gasteiger partial charge >= 0.3 is 5.97 Å². The van der Waals surface area contributed by atoms with Gasteiger partial charge in [-0.25, -0.2) is 9.78 Å². The lowest BCUT2D eigenvalue weighted by Gasteiger charge is -2.49. The molecule has 1 aromatic heterocycles. The third-order valence-corrected chi connectivity index (χ3v) is 8.92. The molecule has 2 aromatic rings. The molecular formula is C24H23N5O5S2. The first-order valence-corrected chi connectivity index (χ1v) is 13.8. The van der Waals surface area contributed by atoms with Crippen LogP contribution < -0.4 is 10.6 Å². The first kappa shape index (κ1) is 23.2. The van der Waals surface area contributed by atoms with Crippen molar-refractivity contribution in [3.05, 3.63) is 46.7 Å². The Bertz CT molecular complexity index is 1340. The minimum atomic E-state index is -1.19. The van der Waals surface area contributed by atoms with E-state index in [4.69, 9.17) is 0 Å². The molecule has 3 aliphatic heterocycles. The quantitative estimate of drug-likeness (QED) is 0.243. The maximum atomic E-state index is 13.1. The van der Waals surface area contributed by atoms with Gasteiger partial charge in [-0.2, -0.15) is 0 Å². The summed E-state index contributed by atoms with van der Waals surface area (Å²) in [5, 5.41) is 15.8. The fourth-order valence-electron chi connectivity index (χ4n) is 5.00. The summed E-state index contributed by atoms with van der Waals surface area (Å²) in [6.45, 7) is 0.540. The summed E-state index contributed by atoms with van der Waals surface area (Å²) in [4.78, 5) is 59.3. The number of hydrogen-bond acceptors (Lipinski definition) is 7. The summed E-state index contributed by atoms with van der Waals surface area (Å²) in [6, 6.07) is 6.78. The number of para-hydroxylation sites is 2. The average molecular weight is 526 g/mol. The van der Waals surface area contributed by atoms with Crippen molar-refractivity contribution in [1.29, 1.82) is 0 Å². The highest BCUT2D eigenvalue weighted by Gasteiger charge is 2.55. The van der Waals surface area contributed by atoms with Crippen LogP contribution in [0.2, 0.25) is 0 Å². The molecule has 0 bridgehead atoms. The summed E-state index contributed by atoms with van der Waals surface area (Å²) in [5.41, 5.74) is 3.64. The Hall–Kier alpha value is -3.25. The van der Waals surface area contributed by atoms with Crippen LogP contribution in [-0.2, 0) is 19.2 Å². The number of amides is 3. The van der Waals surface area contributed by atoms with E-state index in [-0.39, 0.29) is 29.2 Å². The molecule has 1 saturated carbocycles. The normalized spacial score (nSPS) is 24.9. The third-order valence-electron chi connectivity index (χ3n) is 6.77. The van der Waals surface area contributed by atoms with Crippen LogP contribution in [0.3, 0.4) is 0 Å². The zero-order valence-corrected chi connectivity index (χ0v) is 20.7. The number of allylic oxidation sites excluding steroid dienone is 1. The molecule has 186 valence electrons. The van der Waals surface area contributed by atoms with Crippen LogP contribution in [0.25, 0.3) is 11.0 Å². The number of carboxylic acid groups (broad SMARTS) is 1. The topological polar surface area (TPSA) is 144 Å². The molecule has 6 rings (SSSR count). The largest absolute Gasteiger partial charge is 0.477 e. The minimum absolute atomic E-state index is 0.0556. The van der Waals surface area contributed by atoms with E-state index in [1.807, 2.05) is 24.3 Å². The molecule has 3 amide bonds. The number of aromatic amines is 1. The highest BCUT2D eigenvalue weighted by Crippen LogP contribution is 2.49. The molecule has 0 spiro atoms. The van der Waals surface area contributed by atoms with Gasteiger partial charge in [0.25, 0.3) is 5.91 Å². The van der Waals surface area contributed by atoms with E-state index in [0.717, 1.165) is 29.4 Å². The summed E-state index contributed by atoms with van der Waals surface area (Å²) in [5.74, 6) is -1.50. The van der Waals surface area contributed by atoms with Crippen molar-refractivity contribution in [2.45, 2.75) is 35.8 Å². The van der Waals surface area contributed by atoms with Crippen LogP contribution in [0.1, 0.15) is 19.3 Å². The van der Waals surface area contributed by atoms with Gasteiger partial charge in [0.1, 0.15) is 17.1 Å². The number of nitrogens with zero attached hydrogens (tertiary/aromatic N) is 2. The van der Waals surface area contributed by atoms with Crippen LogP contribution in [0.15, 0.2) is 51.8 Å². The Morgan fingerprint density at radius 1 is 1.25 bits per heavy atom. The number of fused-ring (bicyclic) bond motifs is 2. The number of benzene rings is 1. The molecule has 3 fully saturated rings. The van der Waals surface area contributed by atoms with Gasteiger partial charge < -0.3 is 20.7 Å². The first-order chi connectivity index (χ1) is 17.4. The molecule has 12 heteroatoms. The number of nitrogens with one attached hydrogen (secondary N) is 3. The minimum Gasteiger partial charge on any atom is -0.477 e. The number of aromatic nitrogens is 2. The van der Waals surface area contributed by atoms with Gasteiger partial charge in [0.15, 0.2) is 5.16 Å². The molecule has 0 unspecified atom stereocenters. The molecule has 1 aromatic carbocycles. The van der Waals surface area contributed by atoms with E-state index in [0.29, 0.717) is 35.0 Å². The fourth-order valence-corrected chi connectivity index (χ4v) is 7.06. The van der Waals surface area contributed by atoms with E-state index < -0.39 is 23.3 Å². The van der Waals surface area contributed by atoms with E-state index in [2.05, 4.69) is 20.6 Å². The van der Waals surface area contributed by atoms with E-state index in [9.17, 15) is 24.3 Å². The Labute approximate surface area is 214 Å². The molecular weight excluding hydrogens is 502 g/mol. The number of carbonyl (C=O) groups is 4. The maximum absolute atomic E-state index is 13.1. The van der Waals surface area contributed by atoms with Gasteiger partial charge in [-0.05, 0) is 48.5 Å². The monoisotopic (exact) mass is 525 g/mol. The number of thioether (sulfide) groups is 2. The fraction of sp³-hybridized carbons (Fsp3) is 0.375. The van der Waals surface area contributed by atoms with Crippen LogP contribution in [0.5, 0.6) is 0 Å². The Morgan fingerprint density at radius 2 is 2.06 bits per heavy atom. The van der Waals surface area contributed by atoms with Crippen molar-refractivity contribution in [1.82, 2.24) is 25.5 Å². The number of hydrogen-bond donors (Lipinski definition) is 4. The lowest BCUT2D eigenvalue weighted by Crippen LogP contribution is -2.70. The number of H-pyrrole nitrogens is 1. The highest BCUT2D eigenvalue weighted by atomic mass is 32.2. The second-order valence-electron chi connectivity index (χ2n) is 9.11. The van der Waals surface area contributed by atoms with E-state index in [1.54, 1.807) is 0 Å². The van der Waals surface area contributed by atoms with Crippen LogP contribution >= 0.6 is 23.5 Å². The first-order valence-electron chi connectivity index (χ1n) is 11.7. The number of carbonyl (C=O) groups excluding carboxylic acids is 3. The summed E-state index contributed by atoms with van der Waals surface area (Å²) in [7, 11) is 0. The van der Waals surface area contributed by atoms with Crippen LogP contribution in [0.4, 0.5) is 0 Å². The molecule has 2 saturated heterocycles. The molecule has 2 atom stereocenters. The lowest BCUT2D eigenvalue weighted by atomic mass is 9.91. The molecule has 36 heavy (non-hydrogen) atoms. The van der Waals surface area contributed by atoms with E-state index in [1.165, 1.54) is 28.4 Å². The zero-order valence-electron chi connectivity index (χ0n) is 19.1. The summed E-state index contributed by atoms with van der Waals surface area (Å²) >= 11 is 2.66. The predicted molar refractivity (Wildman–Crippen MR) is 134 cm³/mol. The number of rotatable bonds is 7. The second-order valence-corrected chi connectivity index (χ2v) is 11.2. The smallest absolute Gasteiger partial charge is 0.352 e. The van der Waals surface area contributed by atoms with Gasteiger partial charge in [-0.15, -0.1) is 11.8 Å². The standard InChI is InChI=1S/C24H23N5O5S2/c30-16(10-36-24-26-14-3-1-2-4-15(14)27-24)28-18-21(32)29-19(23(33)34)13(9-35-22(18)29)17(11-5-6-11)12-7-8-25-20(12)31/h1-4,11,18,22H,5-10H2,(H,25,31)(H,26,27)(H,28,30)(H,33,34)/t18-,22-/m1/s1. The second kappa shape index (κ2) is 9.00. The van der Waals surface area contributed by atoms with Crippen molar-refractivity contribution in [2.75, 3.05) is 18.1 Å². The average Bonchev–Trinajstić information content (AvgIpc) is 3.47. The van der Waals surface area contributed by atoms with Gasteiger partial charge in [-0.3, -0.25) is 19.3 Å². The lowest BCUT2D eigenvalue weighted by molar-refractivity contribution is -0.150. The predicted octanol–water partition coefficient (Wildman–Crippen LogP) is 1.62. The zero-order chi connectivity index (χ0) is 25.0. The Morgan fingerprint density at radius 3 is 2.75 bits per heavy atom. The number of imidazole rings is 1. The van der Waals surface area contributed by atoms with Crippen LogP contribution in [0, 0.1) is 5.92 Å². The Kier molecular flexibility index (Phi) is 5.79. The molecule has 4 heterocycles. The molecule has 0 radical (unpaired) electrons. The highest BCUT2D eigenvalue weighted by molar-refractivity contribution is 8.00. The van der Waals surface area contributed by atoms with Crippen molar-refractivity contribution >= 4 is 58.2 Å². The number of aliphatic carboxylic acids is 1. The van der Waals surface area contributed by atoms with Gasteiger partial charge in [0, 0.05) is 17.9 Å². The molecule has 4 aliphatic rings. The Balaban J connectivity index is 1.18. The van der Waals surface area contributed by atoms with Gasteiger partial charge in [0.05, 0.1) is 16.8 Å². The molecule has 4 N–H and O–H groups in total. The van der Waals surface area contributed by atoms with Crippen molar-refractivity contribution in [3.63, 3.8) is 0 Å². The number of β-lactam (4-membered cyclic amide) rings is 1. The molecule has 10 nitrogen and oxygen atoms in total. The molecule has 1 aliphatic carbocycles. The maximum Gasteiger partial charge on any atom is 0.352 e. The summed E-state index contributed by atoms with van der Waals surface area (Å²) in [6.07, 6.45) is 2.38. The SMILES string of the molecule is O=C(CSc1nc2ccccc2[nH]1)N[C@@H]1C(=O)N2C(C(=O)O)=C(C(=C3CCNC3=O)C3CC3)CS[C@H]12. The van der Waals surface area contributed by atoms with Crippen molar-refractivity contribution < 1.29 is 24.3 Å². The van der Waals surface area contributed by atoms with E-state index >= 15 is 0 Å². The van der Waals surface area contributed by atoms with Crippen molar-refractivity contribution in [2.24, 2.45) is 5.92 Å². The van der Waals surface area contributed by atoms with Gasteiger partial charge in [-0.1, -0.05) is 23.9 Å². The van der Waals surface area contributed by atoms with Gasteiger partial charge in [0.2, 0.25) is 11.8 Å². The van der Waals surface area contributed by atoms with Crippen LogP contribution in [-0.4, -0.2) is 73.1 Å².